The van der Waals surface area contributed by atoms with Gasteiger partial charge in [0.25, 0.3) is 11.6 Å². The van der Waals surface area contributed by atoms with Gasteiger partial charge in [-0.15, -0.1) is 0 Å². The molecule has 8 heteroatoms. The summed E-state index contributed by atoms with van der Waals surface area (Å²) in [6.45, 7) is 5.87. The summed E-state index contributed by atoms with van der Waals surface area (Å²) in [5.41, 5.74) is 3.74. The average molecular weight is 405 g/mol. The number of fused-ring (bicyclic) bond motifs is 1. The minimum absolute atomic E-state index is 0.235. The maximum atomic E-state index is 13.2. The predicted octanol–water partition coefficient (Wildman–Crippen LogP) is 3.80. The molecule has 1 amide bonds. The van der Waals surface area contributed by atoms with Crippen LogP contribution in [0.3, 0.4) is 0 Å². The van der Waals surface area contributed by atoms with Crippen molar-refractivity contribution in [1.29, 1.82) is 0 Å². The Balaban J connectivity index is 1.72. The van der Waals surface area contributed by atoms with Crippen molar-refractivity contribution in [1.82, 2.24) is 20.4 Å². The van der Waals surface area contributed by atoms with Gasteiger partial charge in [-0.1, -0.05) is 11.2 Å². The molecular formula is C22H23N5O3. The lowest BCUT2D eigenvalue weighted by molar-refractivity contribution is 0.0952. The first-order chi connectivity index (χ1) is 14.3. The van der Waals surface area contributed by atoms with Gasteiger partial charge in [0.15, 0.2) is 0 Å². The molecule has 0 atom stereocenters. The summed E-state index contributed by atoms with van der Waals surface area (Å²) >= 11 is 0. The Bertz CT molecular complexity index is 1240. The summed E-state index contributed by atoms with van der Waals surface area (Å²) in [6.07, 6.45) is 1.73. The number of nitrogens with one attached hydrogen (secondary N) is 1. The highest BCUT2D eigenvalue weighted by atomic mass is 16.5. The van der Waals surface area contributed by atoms with Crippen LogP contribution >= 0.6 is 0 Å². The van der Waals surface area contributed by atoms with Crippen LogP contribution in [0.4, 0.5) is 5.82 Å². The van der Waals surface area contributed by atoms with Crippen LogP contribution in [0.1, 0.15) is 33.1 Å². The fourth-order valence-electron chi connectivity index (χ4n) is 3.54. The number of aryl methyl sites for hydroxylation is 3. The number of hydrogen-bond donors (Lipinski definition) is 1. The van der Waals surface area contributed by atoms with Crippen molar-refractivity contribution in [2.24, 2.45) is 0 Å². The van der Waals surface area contributed by atoms with Crippen LogP contribution in [0.25, 0.3) is 22.4 Å². The number of hydrogen-bond acceptors (Lipinski definition) is 7. The van der Waals surface area contributed by atoms with E-state index in [1.807, 2.05) is 51.0 Å². The van der Waals surface area contributed by atoms with Crippen LogP contribution in [0.2, 0.25) is 0 Å². The van der Waals surface area contributed by atoms with Gasteiger partial charge < -0.3 is 19.2 Å². The van der Waals surface area contributed by atoms with E-state index < -0.39 is 0 Å². The number of nitrogens with zero attached hydrogens (tertiary/aromatic N) is 4. The predicted molar refractivity (Wildman–Crippen MR) is 113 cm³/mol. The molecule has 4 aromatic heterocycles. The molecule has 0 aromatic carbocycles. The fourth-order valence-corrected chi connectivity index (χ4v) is 3.54. The Labute approximate surface area is 173 Å². The third kappa shape index (κ3) is 3.52. The van der Waals surface area contributed by atoms with E-state index in [4.69, 9.17) is 8.94 Å². The second kappa shape index (κ2) is 7.62. The third-order valence-electron chi connectivity index (χ3n) is 4.91. The van der Waals surface area contributed by atoms with E-state index in [0.717, 1.165) is 28.5 Å². The van der Waals surface area contributed by atoms with Crippen molar-refractivity contribution in [2.45, 2.75) is 27.3 Å². The van der Waals surface area contributed by atoms with Gasteiger partial charge in [0.1, 0.15) is 17.3 Å². The van der Waals surface area contributed by atoms with Crippen LogP contribution in [0.15, 0.2) is 39.4 Å². The summed E-state index contributed by atoms with van der Waals surface area (Å²) < 4.78 is 11.0. The van der Waals surface area contributed by atoms with Gasteiger partial charge in [0.2, 0.25) is 0 Å². The number of aromatic nitrogens is 3. The van der Waals surface area contributed by atoms with E-state index in [-0.39, 0.29) is 5.91 Å². The van der Waals surface area contributed by atoms with Crippen molar-refractivity contribution in [2.75, 3.05) is 19.0 Å². The second-order valence-electron chi connectivity index (χ2n) is 7.39. The van der Waals surface area contributed by atoms with Crippen LogP contribution in [-0.4, -0.2) is 35.1 Å². The van der Waals surface area contributed by atoms with Crippen molar-refractivity contribution >= 4 is 22.8 Å². The molecule has 0 radical (unpaired) electrons. The summed E-state index contributed by atoms with van der Waals surface area (Å²) in [5.74, 6) is 2.08. The molecule has 0 saturated carbocycles. The van der Waals surface area contributed by atoms with E-state index in [2.05, 4.69) is 20.4 Å². The number of anilines is 1. The molecule has 8 nitrogen and oxygen atoms in total. The molecule has 0 bridgehead atoms. The first-order valence-electron chi connectivity index (χ1n) is 9.59. The molecule has 0 spiro atoms. The van der Waals surface area contributed by atoms with Gasteiger partial charge in [-0.3, -0.25) is 4.79 Å². The topological polar surface area (TPSA) is 97.3 Å². The number of amides is 1. The lowest BCUT2D eigenvalue weighted by atomic mass is 10.1. The third-order valence-corrected chi connectivity index (χ3v) is 4.91. The van der Waals surface area contributed by atoms with E-state index in [1.54, 1.807) is 19.2 Å². The largest absolute Gasteiger partial charge is 0.466 e. The van der Waals surface area contributed by atoms with Crippen LogP contribution in [-0.2, 0) is 6.54 Å². The number of rotatable bonds is 5. The normalized spacial score (nSPS) is 11.1. The van der Waals surface area contributed by atoms with Gasteiger partial charge in [0.05, 0.1) is 22.3 Å². The molecular weight excluding hydrogens is 382 g/mol. The molecule has 30 heavy (non-hydrogen) atoms. The zero-order valence-corrected chi connectivity index (χ0v) is 17.6. The Hall–Kier alpha value is -3.68. The number of carbonyl (C=O) groups is 1. The zero-order valence-electron chi connectivity index (χ0n) is 17.6. The van der Waals surface area contributed by atoms with Crippen LogP contribution in [0, 0.1) is 20.8 Å². The molecule has 0 unspecified atom stereocenters. The Morgan fingerprint density at radius 2 is 2.00 bits per heavy atom. The molecule has 154 valence electrons. The molecule has 0 aliphatic heterocycles. The highest BCUT2D eigenvalue weighted by Gasteiger charge is 2.21. The highest BCUT2D eigenvalue weighted by Crippen LogP contribution is 2.30. The van der Waals surface area contributed by atoms with E-state index in [1.165, 1.54) is 0 Å². The molecule has 0 aliphatic carbocycles. The van der Waals surface area contributed by atoms with Crippen molar-refractivity contribution < 1.29 is 13.7 Å². The van der Waals surface area contributed by atoms with Crippen molar-refractivity contribution in [3.8, 4) is 11.3 Å². The summed E-state index contributed by atoms with van der Waals surface area (Å²) in [6, 6.07) is 7.45. The van der Waals surface area contributed by atoms with Gasteiger partial charge in [-0.2, -0.15) is 0 Å². The molecule has 0 fully saturated rings. The van der Waals surface area contributed by atoms with E-state index in [9.17, 15) is 4.79 Å². The smallest absolute Gasteiger partial charge is 0.259 e. The standard InChI is InChI=1S/C22H23N5O3/c1-12-9-16(14(3)29-12)18-10-17(19-13(2)26-30-22(19)25-18)21(28)24-11-15-7-6-8-23-20(15)27(4)5/h6-10H,11H2,1-5H3,(H,24,28). The molecule has 4 heterocycles. The Kier molecular flexibility index (Phi) is 4.99. The SMILES string of the molecule is Cc1cc(-c2cc(C(=O)NCc3cccnc3N(C)C)c3c(C)noc3n2)c(C)o1. The van der Waals surface area contributed by atoms with Crippen molar-refractivity contribution in [3.63, 3.8) is 0 Å². The fraction of sp³-hybridized carbons (Fsp3) is 0.273. The minimum atomic E-state index is -0.235. The van der Waals surface area contributed by atoms with E-state index >= 15 is 0 Å². The minimum Gasteiger partial charge on any atom is -0.466 e. The molecule has 1 N–H and O–H groups in total. The summed E-state index contributed by atoms with van der Waals surface area (Å²) in [4.78, 5) is 24.0. The maximum Gasteiger partial charge on any atom is 0.259 e. The van der Waals surface area contributed by atoms with Gasteiger partial charge in [-0.05, 0) is 39.0 Å². The Morgan fingerprint density at radius 1 is 1.20 bits per heavy atom. The molecule has 4 aromatic rings. The van der Waals surface area contributed by atoms with Crippen LogP contribution < -0.4 is 10.2 Å². The zero-order chi connectivity index (χ0) is 21.4. The monoisotopic (exact) mass is 405 g/mol. The second-order valence-corrected chi connectivity index (χ2v) is 7.39. The van der Waals surface area contributed by atoms with Crippen molar-refractivity contribution in [3.05, 3.63) is 58.8 Å². The van der Waals surface area contributed by atoms with E-state index in [0.29, 0.717) is 34.6 Å². The number of pyridine rings is 2. The lowest BCUT2D eigenvalue weighted by Gasteiger charge is -2.16. The average Bonchev–Trinajstić information content (AvgIpc) is 3.26. The molecule has 4 rings (SSSR count). The number of furan rings is 1. The maximum absolute atomic E-state index is 13.2. The first kappa shape index (κ1) is 19.6. The summed E-state index contributed by atoms with van der Waals surface area (Å²) in [7, 11) is 3.84. The molecule has 0 saturated heterocycles. The highest BCUT2D eigenvalue weighted by molar-refractivity contribution is 6.07. The van der Waals surface area contributed by atoms with Gasteiger partial charge >= 0.3 is 0 Å². The van der Waals surface area contributed by atoms with Crippen LogP contribution in [0.5, 0.6) is 0 Å². The quantitative estimate of drug-likeness (QED) is 0.539. The van der Waals surface area contributed by atoms with Gasteiger partial charge in [0, 0.05) is 38.0 Å². The first-order valence-corrected chi connectivity index (χ1v) is 9.59. The Morgan fingerprint density at radius 3 is 2.70 bits per heavy atom. The number of carbonyl (C=O) groups excluding carboxylic acids is 1. The summed E-state index contributed by atoms with van der Waals surface area (Å²) in [5, 5.41) is 7.60. The molecule has 0 aliphatic rings. The lowest BCUT2D eigenvalue weighted by Crippen LogP contribution is -2.25. The van der Waals surface area contributed by atoms with Gasteiger partial charge in [-0.25, -0.2) is 9.97 Å².